The molecule has 0 spiro atoms. The Labute approximate surface area is 121 Å². The predicted octanol–water partition coefficient (Wildman–Crippen LogP) is 4.74. The van der Waals surface area contributed by atoms with E-state index < -0.39 is 35.9 Å². The van der Waals surface area contributed by atoms with Gasteiger partial charge in [0.05, 0.1) is 6.33 Å². The first-order chi connectivity index (χ1) is 9.60. The Morgan fingerprint density at radius 3 is 2.05 bits per heavy atom. The largest absolute Gasteiger partial charge is 0.325 e. The second kappa shape index (κ2) is 6.32. The lowest BCUT2D eigenvalue weighted by Gasteiger charge is -2.44. The summed E-state index contributed by atoms with van der Waals surface area (Å²) in [5.74, 6) is -6.54. The first-order valence-electron chi connectivity index (χ1n) is 6.92. The molecule has 21 heavy (non-hydrogen) atoms. The first-order valence-corrected chi connectivity index (χ1v) is 6.92. The Morgan fingerprint density at radius 1 is 1.14 bits per heavy atom. The molecular formula is C14H21F5N2. The molecule has 0 saturated heterocycles. The fourth-order valence-electron chi connectivity index (χ4n) is 2.52. The lowest BCUT2D eigenvalue weighted by molar-refractivity contribution is -0.226. The van der Waals surface area contributed by atoms with Crippen molar-refractivity contribution in [2.24, 2.45) is 11.8 Å². The van der Waals surface area contributed by atoms with Gasteiger partial charge in [-0.05, 0) is 5.92 Å². The van der Waals surface area contributed by atoms with Crippen LogP contribution >= 0.6 is 0 Å². The van der Waals surface area contributed by atoms with Crippen LogP contribution in [0.25, 0.3) is 0 Å². The van der Waals surface area contributed by atoms with Crippen LogP contribution in [0.2, 0.25) is 0 Å². The van der Waals surface area contributed by atoms with E-state index in [1.54, 1.807) is 0 Å². The van der Waals surface area contributed by atoms with Crippen LogP contribution in [-0.4, -0.2) is 27.6 Å². The standard InChI is InChI=1S/C14H21F5N2/c1-5-10(4)13(17,14(18,19)9(2)3)11(12(15)16)21-7-6-20-8-21/h6-12H,5H2,1-4H3. The maximum atomic E-state index is 15.4. The molecule has 0 aromatic carbocycles. The molecule has 3 unspecified atom stereocenters. The SMILES string of the molecule is CCC(C)C(F)(C(C(F)F)n1ccnc1)C(F)(F)C(C)C. The van der Waals surface area contributed by atoms with Crippen molar-refractivity contribution in [3.8, 4) is 0 Å². The molecule has 0 N–H and O–H groups in total. The maximum Gasteiger partial charge on any atom is 0.286 e. The number of imidazole rings is 1. The van der Waals surface area contributed by atoms with Gasteiger partial charge in [-0.15, -0.1) is 0 Å². The highest BCUT2D eigenvalue weighted by Crippen LogP contribution is 2.52. The lowest BCUT2D eigenvalue weighted by Crippen LogP contribution is -2.59. The molecule has 1 heterocycles. The Morgan fingerprint density at radius 2 is 1.71 bits per heavy atom. The number of hydrogen-bond donors (Lipinski definition) is 0. The van der Waals surface area contributed by atoms with Gasteiger partial charge in [-0.1, -0.05) is 34.1 Å². The van der Waals surface area contributed by atoms with Crippen LogP contribution in [0.4, 0.5) is 22.0 Å². The summed E-state index contributed by atoms with van der Waals surface area (Å²) in [6, 6.07) is -2.28. The smallest absolute Gasteiger partial charge is 0.286 e. The van der Waals surface area contributed by atoms with E-state index in [4.69, 9.17) is 0 Å². The highest BCUT2D eigenvalue weighted by Gasteiger charge is 2.65. The number of aromatic nitrogens is 2. The van der Waals surface area contributed by atoms with Crippen LogP contribution in [0.5, 0.6) is 0 Å². The average molecular weight is 312 g/mol. The van der Waals surface area contributed by atoms with Gasteiger partial charge in [0.25, 0.3) is 12.3 Å². The summed E-state index contributed by atoms with van der Waals surface area (Å²) < 4.78 is 72.0. The Bertz CT molecular complexity index is 433. The minimum atomic E-state index is -3.90. The van der Waals surface area contributed by atoms with Gasteiger partial charge >= 0.3 is 0 Å². The van der Waals surface area contributed by atoms with Crippen LogP contribution < -0.4 is 0 Å². The molecule has 0 aliphatic carbocycles. The van der Waals surface area contributed by atoms with Gasteiger partial charge in [-0.2, -0.15) is 0 Å². The second-order valence-corrected chi connectivity index (χ2v) is 5.64. The molecule has 0 amide bonds. The fraction of sp³-hybridized carbons (Fsp3) is 0.786. The number of hydrogen-bond acceptors (Lipinski definition) is 1. The summed E-state index contributed by atoms with van der Waals surface area (Å²) >= 11 is 0. The van der Waals surface area contributed by atoms with Crippen LogP contribution in [0.1, 0.15) is 40.2 Å². The average Bonchev–Trinajstić information content (AvgIpc) is 2.90. The van der Waals surface area contributed by atoms with Gasteiger partial charge in [0.2, 0.25) is 5.67 Å². The molecule has 1 rings (SSSR count). The minimum absolute atomic E-state index is 0.0245. The van der Waals surface area contributed by atoms with Crippen molar-refractivity contribution in [2.75, 3.05) is 0 Å². The lowest BCUT2D eigenvalue weighted by atomic mass is 9.73. The van der Waals surface area contributed by atoms with Crippen molar-refractivity contribution in [2.45, 2.75) is 58.2 Å². The van der Waals surface area contributed by atoms with Gasteiger partial charge < -0.3 is 4.57 Å². The fourth-order valence-corrected chi connectivity index (χ4v) is 2.52. The van der Waals surface area contributed by atoms with Crippen LogP contribution in [0.3, 0.4) is 0 Å². The number of halogens is 5. The highest BCUT2D eigenvalue weighted by atomic mass is 19.3. The molecule has 122 valence electrons. The quantitative estimate of drug-likeness (QED) is 0.665. The first kappa shape index (κ1) is 17.9. The molecule has 0 aliphatic heterocycles. The van der Waals surface area contributed by atoms with Gasteiger partial charge in [0.15, 0.2) is 0 Å². The summed E-state index contributed by atoms with van der Waals surface area (Å²) in [6.07, 6.45) is -0.0484. The molecule has 7 heteroatoms. The Balaban J connectivity index is 3.48. The Kier molecular flexibility index (Phi) is 5.39. The third-order valence-electron chi connectivity index (χ3n) is 4.08. The van der Waals surface area contributed by atoms with Crippen molar-refractivity contribution in [1.82, 2.24) is 9.55 Å². The van der Waals surface area contributed by atoms with Crippen LogP contribution in [0.15, 0.2) is 18.7 Å². The third-order valence-corrected chi connectivity index (χ3v) is 4.08. The van der Waals surface area contributed by atoms with Crippen molar-refractivity contribution in [3.05, 3.63) is 18.7 Å². The third kappa shape index (κ3) is 2.92. The van der Waals surface area contributed by atoms with Crippen LogP contribution in [-0.2, 0) is 0 Å². The summed E-state index contributed by atoms with van der Waals surface area (Å²) in [5.41, 5.74) is -3.37. The maximum absolute atomic E-state index is 15.4. The summed E-state index contributed by atoms with van der Waals surface area (Å²) in [4.78, 5) is 3.57. The highest BCUT2D eigenvalue weighted by molar-refractivity contribution is 5.07. The molecule has 0 radical (unpaired) electrons. The molecule has 0 bridgehead atoms. The number of rotatable bonds is 7. The zero-order valence-electron chi connectivity index (χ0n) is 12.5. The van der Waals surface area contributed by atoms with Gasteiger partial charge in [0, 0.05) is 18.3 Å². The molecule has 1 aromatic heterocycles. The summed E-state index contributed by atoms with van der Waals surface area (Å²) in [6.45, 7) is 5.01. The van der Waals surface area contributed by atoms with Crippen molar-refractivity contribution < 1.29 is 22.0 Å². The molecule has 2 nitrogen and oxygen atoms in total. The molecule has 0 fully saturated rings. The predicted molar refractivity (Wildman–Crippen MR) is 70.3 cm³/mol. The van der Waals surface area contributed by atoms with E-state index in [0.717, 1.165) is 30.9 Å². The summed E-state index contributed by atoms with van der Waals surface area (Å²) in [7, 11) is 0. The minimum Gasteiger partial charge on any atom is -0.325 e. The van der Waals surface area contributed by atoms with E-state index in [0.29, 0.717) is 0 Å². The molecule has 3 atom stereocenters. The van der Waals surface area contributed by atoms with Gasteiger partial charge in [-0.25, -0.2) is 26.9 Å². The van der Waals surface area contributed by atoms with E-state index in [9.17, 15) is 17.6 Å². The molecule has 1 aromatic rings. The molecule has 0 aliphatic rings. The zero-order valence-corrected chi connectivity index (χ0v) is 12.5. The van der Waals surface area contributed by atoms with Crippen molar-refractivity contribution in [3.63, 3.8) is 0 Å². The van der Waals surface area contributed by atoms with Crippen molar-refractivity contribution >= 4 is 0 Å². The van der Waals surface area contributed by atoms with Crippen LogP contribution in [0, 0.1) is 11.8 Å². The Hall–Kier alpha value is -1.14. The number of alkyl halides is 5. The normalized spacial score (nSPS) is 18.8. The van der Waals surface area contributed by atoms with E-state index in [2.05, 4.69) is 4.98 Å². The van der Waals surface area contributed by atoms with Gasteiger partial charge in [0.1, 0.15) is 6.04 Å². The summed E-state index contributed by atoms with van der Waals surface area (Å²) in [5, 5.41) is 0. The second-order valence-electron chi connectivity index (χ2n) is 5.64. The number of nitrogens with zero attached hydrogens (tertiary/aromatic N) is 2. The van der Waals surface area contributed by atoms with E-state index in [1.165, 1.54) is 20.0 Å². The van der Waals surface area contributed by atoms with E-state index >= 15 is 4.39 Å². The van der Waals surface area contributed by atoms with E-state index in [1.807, 2.05) is 0 Å². The van der Waals surface area contributed by atoms with Gasteiger partial charge in [-0.3, -0.25) is 0 Å². The van der Waals surface area contributed by atoms with Crippen molar-refractivity contribution in [1.29, 1.82) is 0 Å². The monoisotopic (exact) mass is 312 g/mol. The molecule has 0 saturated carbocycles. The van der Waals surface area contributed by atoms with E-state index in [-0.39, 0.29) is 6.42 Å². The molecular weight excluding hydrogens is 291 g/mol. The zero-order chi connectivity index (χ0) is 16.4. The topological polar surface area (TPSA) is 17.8 Å².